The highest BCUT2D eigenvalue weighted by Gasteiger charge is 2.41. The summed E-state index contributed by atoms with van der Waals surface area (Å²) in [5.41, 5.74) is 5.42. The molecule has 1 aliphatic heterocycles. The summed E-state index contributed by atoms with van der Waals surface area (Å²) in [4.78, 5) is 38.7. The number of carbonyl (C=O) groups is 3. The van der Waals surface area contributed by atoms with E-state index in [9.17, 15) is 19.5 Å². The molecule has 0 bridgehead atoms. The van der Waals surface area contributed by atoms with Gasteiger partial charge in [-0.2, -0.15) is 0 Å². The van der Waals surface area contributed by atoms with Crippen molar-refractivity contribution in [2.45, 2.75) is 89.5 Å². The quantitative estimate of drug-likeness (QED) is 0.544. The Balaban J connectivity index is 1.90. The molecular formula is C20H35N3O5. The van der Waals surface area contributed by atoms with Crippen molar-refractivity contribution in [3.05, 3.63) is 0 Å². The van der Waals surface area contributed by atoms with E-state index >= 15 is 0 Å². The van der Waals surface area contributed by atoms with Crippen LogP contribution in [0.2, 0.25) is 0 Å². The number of aliphatic hydroxyl groups excluding tert-OH is 1. The molecule has 1 saturated carbocycles. The van der Waals surface area contributed by atoms with Crippen LogP contribution in [0.15, 0.2) is 0 Å². The molecule has 3 unspecified atom stereocenters. The first-order chi connectivity index (χ1) is 13.1. The molecule has 0 radical (unpaired) electrons. The van der Waals surface area contributed by atoms with Gasteiger partial charge in [0, 0.05) is 13.0 Å². The minimum absolute atomic E-state index is 0.0513. The second kappa shape index (κ2) is 9.69. The minimum atomic E-state index is -0.836. The summed E-state index contributed by atoms with van der Waals surface area (Å²) in [6.07, 6.45) is 5.18. The van der Waals surface area contributed by atoms with Gasteiger partial charge in [-0.05, 0) is 39.0 Å². The van der Waals surface area contributed by atoms with Crippen LogP contribution in [-0.2, 0) is 19.1 Å². The van der Waals surface area contributed by atoms with Gasteiger partial charge in [0.1, 0.15) is 11.6 Å². The first-order valence-electron chi connectivity index (χ1n) is 10.4. The third-order valence-electron chi connectivity index (χ3n) is 5.97. The average Bonchev–Trinajstić information content (AvgIpc) is 3.07. The number of carbonyl (C=O) groups excluding carboxylic acids is 3. The van der Waals surface area contributed by atoms with Gasteiger partial charge in [0.05, 0.1) is 18.7 Å². The lowest BCUT2D eigenvalue weighted by molar-refractivity contribution is -0.164. The van der Waals surface area contributed by atoms with Crippen molar-refractivity contribution < 1.29 is 24.2 Å². The third kappa shape index (κ3) is 5.91. The monoisotopic (exact) mass is 397 g/mol. The Morgan fingerprint density at radius 1 is 1.25 bits per heavy atom. The van der Waals surface area contributed by atoms with E-state index in [1.54, 1.807) is 13.8 Å². The SMILES string of the molecule is CCC(C)(C)OC(=O)C1CC(O)CN1C(=O)CNC(=O)C(N)C1CCCCC1. The fourth-order valence-electron chi connectivity index (χ4n) is 3.81. The van der Waals surface area contributed by atoms with E-state index in [0.717, 1.165) is 25.7 Å². The molecule has 8 nitrogen and oxygen atoms in total. The molecule has 2 rings (SSSR count). The van der Waals surface area contributed by atoms with Crippen molar-refractivity contribution in [1.29, 1.82) is 0 Å². The molecule has 0 aromatic carbocycles. The second-order valence-corrected chi connectivity index (χ2v) is 8.63. The van der Waals surface area contributed by atoms with Crippen LogP contribution >= 0.6 is 0 Å². The summed E-state index contributed by atoms with van der Waals surface area (Å²) >= 11 is 0. The smallest absolute Gasteiger partial charge is 0.329 e. The topological polar surface area (TPSA) is 122 Å². The van der Waals surface area contributed by atoms with Crippen molar-refractivity contribution >= 4 is 17.8 Å². The Labute approximate surface area is 167 Å². The highest BCUT2D eigenvalue weighted by atomic mass is 16.6. The number of hydrogen-bond donors (Lipinski definition) is 3. The van der Waals surface area contributed by atoms with Gasteiger partial charge in [-0.25, -0.2) is 4.79 Å². The van der Waals surface area contributed by atoms with E-state index < -0.39 is 35.7 Å². The molecule has 1 saturated heterocycles. The molecule has 0 aromatic heterocycles. The number of nitrogens with two attached hydrogens (primary N) is 1. The molecule has 0 aromatic rings. The average molecular weight is 398 g/mol. The second-order valence-electron chi connectivity index (χ2n) is 8.63. The molecular weight excluding hydrogens is 362 g/mol. The number of ether oxygens (including phenoxy) is 1. The summed E-state index contributed by atoms with van der Waals surface area (Å²) < 4.78 is 5.49. The van der Waals surface area contributed by atoms with Crippen LogP contribution in [0.1, 0.15) is 65.7 Å². The van der Waals surface area contributed by atoms with Crippen molar-refractivity contribution in [3.8, 4) is 0 Å². The van der Waals surface area contributed by atoms with Gasteiger partial charge in [-0.3, -0.25) is 9.59 Å². The number of aliphatic hydroxyl groups is 1. The van der Waals surface area contributed by atoms with Crippen LogP contribution in [0.3, 0.4) is 0 Å². The molecule has 2 amide bonds. The summed E-state index contributed by atoms with van der Waals surface area (Å²) in [6.45, 7) is 5.32. The zero-order valence-electron chi connectivity index (χ0n) is 17.3. The Hall–Kier alpha value is -1.67. The predicted molar refractivity (Wildman–Crippen MR) is 104 cm³/mol. The molecule has 28 heavy (non-hydrogen) atoms. The molecule has 4 N–H and O–H groups in total. The summed E-state index contributed by atoms with van der Waals surface area (Å²) in [7, 11) is 0. The van der Waals surface area contributed by atoms with E-state index in [0.29, 0.717) is 6.42 Å². The fourth-order valence-corrected chi connectivity index (χ4v) is 3.81. The van der Waals surface area contributed by atoms with E-state index in [-0.39, 0.29) is 31.3 Å². The molecule has 2 fully saturated rings. The Kier molecular flexibility index (Phi) is 7.83. The van der Waals surface area contributed by atoms with Crippen molar-refractivity contribution in [1.82, 2.24) is 10.2 Å². The lowest BCUT2D eigenvalue weighted by Crippen LogP contribution is -2.51. The van der Waals surface area contributed by atoms with E-state index in [4.69, 9.17) is 10.5 Å². The number of esters is 1. The minimum Gasteiger partial charge on any atom is -0.458 e. The number of rotatable bonds is 7. The largest absolute Gasteiger partial charge is 0.458 e. The lowest BCUT2D eigenvalue weighted by atomic mass is 9.84. The zero-order chi connectivity index (χ0) is 20.9. The van der Waals surface area contributed by atoms with Crippen molar-refractivity contribution in [2.75, 3.05) is 13.1 Å². The number of β-amino-alcohol motifs (C(OH)–C–C–N with tert-alkyl or cyclic N) is 1. The van der Waals surface area contributed by atoms with Crippen LogP contribution in [0.4, 0.5) is 0 Å². The first-order valence-corrected chi connectivity index (χ1v) is 10.4. The maximum atomic E-state index is 12.6. The summed E-state index contributed by atoms with van der Waals surface area (Å²) in [5.74, 6) is -1.14. The van der Waals surface area contributed by atoms with Crippen LogP contribution < -0.4 is 11.1 Å². The van der Waals surface area contributed by atoms with E-state index in [2.05, 4.69) is 5.32 Å². The number of nitrogens with one attached hydrogen (secondary N) is 1. The van der Waals surface area contributed by atoms with Gasteiger partial charge in [0.2, 0.25) is 11.8 Å². The Morgan fingerprint density at radius 2 is 1.89 bits per heavy atom. The van der Waals surface area contributed by atoms with E-state index in [1.165, 1.54) is 11.3 Å². The highest BCUT2D eigenvalue weighted by Crippen LogP contribution is 2.26. The van der Waals surface area contributed by atoms with Gasteiger partial charge >= 0.3 is 5.97 Å². The standard InChI is InChI=1S/C20H35N3O5/c1-4-20(2,3)28-19(27)15-10-14(24)12-23(15)16(25)11-22-18(26)17(21)13-8-6-5-7-9-13/h13-15,17,24H,4-12,21H2,1-3H3,(H,22,26). The fraction of sp³-hybridized carbons (Fsp3) is 0.850. The molecule has 8 heteroatoms. The zero-order valence-corrected chi connectivity index (χ0v) is 17.3. The van der Waals surface area contributed by atoms with Crippen LogP contribution in [0.25, 0.3) is 0 Å². The van der Waals surface area contributed by atoms with Crippen LogP contribution in [0.5, 0.6) is 0 Å². The molecule has 0 spiro atoms. The highest BCUT2D eigenvalue weighted by molar-refractivity contribution is 5.90. The molecule has 1 aliphatic carbocycles. The molecule has 2 aliphatic rings. The number of nitrogens with zero attached hydrogens (tertiary/aromatic N) is 1. The van der Waals surface area contributed by atoms with Crippen LogP contribution in [0, 0.1) is 5.92 Å². The molecule has 3 atom stereocenters. The first kappa shape index (κ1) is 22.6. The number of amides is 2. The molecule has 160 valence electrons. The van der Waals surface area contributed by atoms with Crippen LogP contribution in [-0.4, -0.2) is 64.7 Å². The number of hydrogen-bond acceptors (Lipinski definition) is 6. The third-order valence-corrected chi connectivity index (χ3v) is 5.97. The van der Waals surface area contributed by atoms with Gasteiger partial charge < -0.3 is 25.8 Å². The van der Waals surface area contributed by atoms with Gasteiger partial charge in [0.25, 0.3) is 0 Å². The summed E-state index contributed by atoms with van der Waals surface area (Å²) in [6, 6.07) is -1.46. The van der Waals surface area contributed by atoms with E-state index in [1.807, 2.05) is 6.92 Å². The van der Waals surface area contributed by atoms with Gasteiger partial charge in [-0.15, -0.1) is 0 Å². The molecule has 1 heterocycles. The van der Waals surface area contributed by atoms with Gasteiger partial charge in [-0.1, -0.05) is 26.2 Å². The van der Waals surface area contributed by atoms with Crippen molar-refractivity contribution in [2.24, 2.45) is 11.7 Å². The lowest BCUT2D eigenvalue weighted by Gasteiger charge is -2.29. The van der Waals surface area contributed by atoms with Gasteiger partial charge in [0.15, 0.2) is 0 Å². The predicted octanol–water partition coefficient (Wildman–Crippen LogP) is 0.704. The number of likely N-dealkylation sites (tertiary alicyclic amines) is 1. The maximum Gasteiger partial charge on any atom is 0.329 e. The Bertz CT molecular complexity index is 574. The Morgan fingerprint density at radius 3 is 2.50 bits per heavy atom. The summed E-state index contributed by atoms with van der Waals surface area (Å²) in [5, 5.41) is 12.6. The normalized spacial score (nSPS) is 24.7. The van der Waals surface area contributed by atoms with Crippen molar-refractivity contribution in [3.63, 3.8) is 0 Å². The maximum absolute atomic E-state index is 12.6.